The zero-order chi connectivity index (χ0) is 21.1. The fourth-order valence-electron chi connectivity index (χ4n) is 3.05. The van der Waals surface area contributed by atoms with Crippen molar-refractivity contribution in [3.8, 4) is 0 Å². The summed E-state index contributed by atoms with van der Waals surface area (Å²) in [5.41, 5.74) is 2.48. The number of benzene rings is 2. The van der Waals surface area contributed by atoms with Gasteiger partial charge in [-0.3, -0.25) is 0 Å². The maximum Gasteiger partial charge on any atom is 0.0761 e. The van der Waals surface area contributed by atoms with E-state index in [4.69, 9.17) is 5.11 Å². The van der Waals surface area contributed by atoms with Crippen LogP contribution in [-0.2, 0) is 0 Å². The summed E-state index contributed by atoms with van der Waals surface area (Å²) in [6.45, 7) is 16.7. The van der Waals surface area contributed by atoms with E-state index < -0.39 is 0 Å². The van der Waals surface area contributed by atoms with Gasteiger partial charge in [-0.05, 0) is 36.3 Å². The molecule has 0 aliphatic heterocycles. The normalized spacial score (nSPS) is 12.6. The van der Waals surface area contributed by atoms with Gasteiger partial charge in [0.05, 0.1) is 6.10 Å². The summed E-state index contributed by atoms with van der Waals surface area (Å²) >= 11 is 0. The summed E-state index contributed by atoms with van der Waals surface area (Å²) in [6.07, 6.45) is 3.55. The Hall–Kier alpha value is -1.60. The lowest BCUT2D eigenvalue weighted by atomic mass is 9.83. The van der Waals surface area contributed by atoms with Gasteiger partial charge in [0.1, 0.15) is 0 Å². The predicted octanol–water partition coefficient (Wildman–Crippen LogP) is 8.41. The molecule has 0 spiro atoms. The molecule has 2 rings (SSSR count). The third kappa shape index (κ3) is 12.4. The molecule has 1 heteroatoms. The average molecular weight is 373 g/mol. The minimum atomic E-state index is -0.341. The second-order valence-corrected chi connectivity index (χ2v) is 6.28. The van der Waals surface area contributed by atoms with Crippen LogP contribution in [0.1, 0.15) is 97.8 Å². The van der Waals surface area contributed by atoms with E-state index in [2.05, 4.69) is 51.1 Å². The smallest absolute Gasteiger partial charge is 0.0761 e. The highest BCUT2D eigenvalue weighted by Gasteiger charge is 2.15. The van der Waals surface area contributed by atoms with Crippen molar-refractivity contribution in [3.05, 3.63) is 71.8 Å². The van der Waals surface area contributed by atoms with E-state index in [9.17, 15) is 0 Å². The Labute approximate surface area is 169 Å². The topological polar surface area (TPSA) is 20.2 Å². The highest BCUT2D eigenvalue weighted by atomic mass is 16.3. The molecular weight excluding hydrogens is 328 g/mol. The minimum absolute atomic E-state index is 0.341. The number of rotatable bonds is 6. The summed E-state index contributed by atoms with van der Waals surface area (Å²) in [4.78, 5) is 0. The van der Waals surface area contributed by atoms with Crippen LogP contribution < -0.4 is 0 Å². The summed E-state index contributed by atoms with van der Waals surface area (Å²) in [6, 6.07) is 20.5. The van der Waals surface area contributed by atoms with Crippen LogP contribution in [0, 0.1) is 5.92 Å². The van der Waals surface area contributed by atoms with Gasteiger partial charge in [0, 0.05) is 0 Å². The average Bonchev–Trinajstić information content (AvgIpc) is 2.74. The molecule has 2 aromatic carbocycles. The van der Waals surface area contributed by atoms with E-state index in [0.29, 0.717) is 0 Å². The van der Waals surface area contributed by atoms with Crippen LogP contribution in [0.5, 0.6) is 0 Å². The van der Waals surface area contributed by atoms with Gasteiger partial charge in [-0.15, -0.1) is 0 Å². The van der Waals surface area contributed by atoms with Crippen LogP contribution in [0.25, 0.3) is 0 Å². The molecule has 3 atom stereocenters. The molecule has 2 aromatic rings. The van der Waals surface area contributed by atoms with Crippen molar-refractivity contribution >= 4 is 0 Å². The molecule has 0 aliphatic carbocycles. The molecule has 154 valence electrons. The molecule has 0 saturated carbocycles. The van der Waals surface area contributed by atoms with Crippen molar-refractivity contribution in [2.24, 2.45) is 5.92 Å². The van der Waals surface area contributed by atoms with Crippen molar-refractivity contribution in [1.82, 2.24) is 0 Å². The van der Waals surface area contributed by atoms with Crippen LogP contribution in [-0.4, -0.2) is 5.11 Å². The molecular formula is C26H44O. The SMILES string of the molecule is CC.CC.CC(O)c1ccccc1.CCCC(C)C(CC)c1ccccc1. The van der Waals surface area contributed by atoms with Gasteiger partial charge in [0.15, 0.2) is 0 Å². The largest absolute Gasteiger partial charge is 0.389 e. The van der Waals surface area contributed by atoms with Crippen molar-refractivity contribution in [1.29, 1.82) is 0 Å². The van der Waals surface area contributed by atoms with Gasteiger partial charge in [-0.25, -0.2) is 0 Å². The number of hydrogen-bond donors (Lipinski definition) is 1. The molecule has 0 bridgehead atoms. The highest BCUT2D eigenvalue weighted by molar-refractivity contribution is 5.20. The second-order valence-electron chi connectivity index (χ2n) is 6.28. The van der Waals surface area contributed by atoms with Crippen molar-refractivity contribution in [2.75, 3.05) is 0 Å². The lowest BCUT2D eigenvalue weighted by Gasteiger charge is -2.22. The van der Waals surface area contributed by atoms with Crippen LogP contribution in [0.3, 0.4) is 0 Å². The lowest BCUT2D eigenvalue weighted by molar-refractivity contribution is 0.199. The number of aliphatic hydroxyl groups is 1. The first-order chi connectivity index (χ1) is 13.1. The molecule has 3 unspecified atom stereocenters. The lowest BCUT2D eigenvalue weighted by Crippen LogP contribution is -2.08. The molecule has 1 N–H and O–H groups in total. The van der Waals surface area contributed by atoms with Crippen LogP contribution in [0.15, 0.2) is 60.7 Å². The van der Waals surface area contributed by atoms with Gasteiger partial charge >= 0.3 is 0 Å². The zero-order valence-corrected chi connectivity index (χ0v) is 19.1. The Kier molecular flexibility index (Phi) is 19.6. The van der Waals surface area contributed by atoms with E-state index in [1.807, 2.05) is 58.0 Å². The van der Waals surface area contributed by atoms with Gasteiger partial charge in [0.25, 0.3) is 0 Å². The fourth-order valence-corrected chi connectivity index (χ4v) is 3.05. The maximum absolute atomic E-state index is 9.02. The molecule has 0 saturated heterocycles. The van der Waals surface area contributed by atoms with E-state index in [-0.39, 0.29) is 6.10 Å². The van der Waals surface area contributed by atoms with Crippen molar-refractivity contribution in [2.45, 2.75) is 86.7 Å². The van der Waals surface area contributed by atoms with Gasteiger partial charge < -0.3 is 5.11 Å². The number of hydrogen-bond acceptors (Lipinski definition) is 1. The quantitative estimate of drug-likeness (QED) is 0.539. The Morgan fingerprint density at radius 3 is 1.41 bits per heavy atom. The predicted molar refractivity (Wildman–Crippen MR) is 123 cm³/mol. The molecule has 0 fully saturated rings. The third-order valence-corrected chi connectivity index (χ3v) is 4.38. The van der Waals surface area contributed by atoms with Crippen LogP contribution in [0.4, 0.5) is 0 Å². The Morgan fingerprint density at radius 2 is 1.11 bits per heavy atom. The van der Waals surface area contributed by atoms with Crippen LogP contribution >= 0.6 is 0 Å². The third-order valence-electron chi connectivity index (χ3n) is 4.38. The van der Waals surface area contributed by atoms with Crippen LogP contribution in [0.2, 0.25) is 0 Å². The summed E-state index contributed by atoms with van der Waals surface area (Å²) in [5.74, 6) is 1.56. The van der Waals surface area contributed by atoms with Gasteiger partial charge in [-0.2, -0.15) is 0 Å². The van der Waals surface area contributed by atoms with Crippen molar-refractivity contribution < 1.29 is 5.11 Å². The van der Waals surface area contributed by atoms with E-state index in [1.165, 1.54) is 24.8 Å². The minimum Gasteiger partial charge on any atom is -0.389 e. The van der Waals surface area contributed by atoms with E-state index in [1.54, 1.807) is 6.92 Å². The Bertz CT molecular complexity index is 504. The number of aliphatic hydroxyl groups excluding tert-OH is 1. The molecule has 0 aliphatic rings. The fraction of sp³-hybridized carbons (Fsp3) is 0.538. The Morgan fingerprint density at radius 1 is 0.704 bits per heavy atom. The Balaban J connectivity index is 0. The molecule has 1 nitrogen and oxygen atoms in total. The second kappa shape index (κ2) is 19.2. The molecule has 0 amide bonds. The zero-order valence-electron chi connectivity index (χ0n) is 19.1. The first-order valence-corrected chi connectivity index (χ1v) is 10.9. The summed E-state index contributed by atoms with van der Waals surface area (Å²) in [5, 5.41) is 9.02. The molecule has 27 heavy (non-hydrogen) atoms. The molecule has 0 heterocycles. The first-order valence-electron chi connectivity index (χ1n) is 10.9. The van der Waals surface area contributed by atoms with Gasteiger partial charge in [-0.1, -0.05) is 122 Å². The standard InChI is InChI=1S/C14H22.C8H10O.2C2H6/c1-4-9-12(3)14(5-2)13-10-7-6-8-11-13;1-7(9)8-5-3-2-4-6-8;2*1-2/h6-8,10-12,14H,4-5,9H2,1-3H3;2-7,9H,1H3;2*1-2H3. The maximum atomic E-state index is 9.02. The van der Waals surface area contributed by atoms with E-state index in [0.717, 1.165) is 17.4 Å². The highest BCUT2D eigenvalue weighted by Crippen LogP contribution is 2.30. The van der Waals surface area contributed by atoms with E-state index >= 15 is 0 Å². The molecule has 0 radical (unpaired) electrons. The summed E-state index contributed by atoms with van der Waals surface area (Å²) < 4.78 is 0. The van der Waals surface area contributed by atoms with Gasteiger partial charge in [0.2, 0.25) is 0 Å². The van der Waals surface area contributed by atoms with Crippen molar-refractivity contribution in [3.63, 3.8) is 0 Å². The monoisotopic (exact) mass is 372 g/mol. The molecule has 0 aromatic heterocycles. The first kappa shape index (κ1) is 27.6. The summed E-state index contributed by atoms with van der Waals surface area (Å²) in [7, 11) is 0.